The van der Waals surface area contributed by atoms with Gasteiger partial charge in [-0.25, -0.2) is 9.18 Å². The van der Waals surface area contributed by atoms with E-state index in [1.165, 1.54) is 12.1 Å². The Bertz CT molecular complexity index is 372. The topological polar surface area (TPSA) is 52.3 Å². The third kappa shape index (κ3) is 2.27. The molecule has 82 valence electrons. The Morgan fingerprint density at radius 1 is 1.67 bits per heavy atom. The first-order chi connectivity index (χ1) is 7.04. The molecule has 0 amide bonds. The average molecular weight is 232 g/mol. The van der Waals surface area contributed by atoms with E-state index in [1.54, 1.807) is 12.1 Å². The van der Waals surface area contributed by atoms with E-state index in [0.29, 0.717) is 10.6 Å². The molecule has 0 aromatic heterocycles. The maximum absolute atomic E-state index is 12.8. The molecule has 0 aliphatic carbocycles. The number of rotatable bonds is 3. The normalized spacial score (nSPS) is 14.4. The smallest absolute Gasteiger partial charge is 0.333 e. The molecular weight excluding hydrogens is 221 g/mol. The van der Waals surface area contributed by atoms with Crippen molar-refractivity contribution in [1.82, 2.24) is 0 Å². The summed E-state index contributed by atoms with van der Waals surface area (Å²) in [6.07, 6.45) is 0. The van der Waals surface area contributed by atoms with Gasteiger partial charge in [-0.1, -0.05) is 23.7 Å². The van der Waals surface area contributed by atoms with E-state index in [4.69, 9.17) is 17.3 Å². The van der Waals surface area contributed by atoms with Gasteiger partial charge in [0.25, 0.3) is 0 Å². The summed E-state index contributed by atoms with van der Waals surface area (Å²) in [4.78, 5) is 11.3. The number of hydrogen-bond donors (Lipinski definition) is 1. The number of alkyl halides is 1. The molecule has 0 heterocycles. The first-order valence-corrected chi connectivity index (χ1v) is 4.61. The molecule has 15 heavy (non-hydrogen) atoms. The first-order valence-electron chi connectivity index (χ1n) is 4.24. The summed E-state index contributed by atoms with van der Waals surface area (Å²) < 4.78 is 17.3. The van der Waals surface area contributed by atoms with Gasteiger partial charge in [0.2, 0.25) is 0 Å². The Hall–Kier alpha value is -1.13. The lowest BCUT2D eigenvalue weighted by Gasteiger charge is -2.23. The van der Waals surface area contributed by atoms with E-state index in [-0.39, 0.29) is 0 Å². The molecule has 0 saturated carbocycles. The van der Waals surface area contributed by atoms with Crippen molar-refractivity contribution >= 4 is 17.6 Å². The standard InChI is InChI=1S/C10H11ClFNO2/c1-15-9(14)10(13,6-12)7-3-2-4-8(11)5-7/h2-5H,6,13H2,1H3. The summed E-state index contributed by atoms with van der Waals surface area (Å²) in [7, 11) is 1.16. The molecule has 0 spiro atoms. The number of esters is 1. The second-order valence-corrected chi connectivity index (χ2v) is 3.54. The Morgan fingerprint density at radius 3 is 2.80 bits per heavy atom. The van der Waals surface area contributed by atoms with E-state index in [0.717, 1.165) is 7.11 Å². The number of benzene rings is 1. The van der Waals surface area contributed by atoms with Gasteiger partial charge in [-0.15, -0.1) is 0 Å². The van der Waals surface area contributed by atoms with Crippen LogP contribution in [0.25, 0.3) is 0 Å². The lowest BCUT2D eigenvalue weighted by molar-refractivity contribution is -0.148. The summed E-state index contributed by atoms with van der Waals surface area (Å²) in [6, 6.07) is 6.18. The average Bonchev–Trinajstić information content (AvgIpc) is 2.26. The van der Waals surface area contributed by atoms with Crippen molar-refractivity contribution in [2.45, 2.75) is 5.54 Å². The van der Waals surface area contributed by atoms with Crippen LogP contribution in [0.1, 0.15) is 5.56 Å². The van der Waals surface area contributed by atoms with Crippen LogP contribution in [0.5, 0.6) is 0 Å². The van der Waals surface area contributed by atoms with E-state index in [9.17, 15) is 9.18 Å². The highest BCUT2D eigenvalue weighted by Gasteiger charge is 2.37. The molecule has 0 bridgehead atoms. The first kappa shape index (κ1) is 11.9. The highest BCUT2D eigenvalue weighted by Crippen LogP contribution is 2.23. The van der Waals surface area contributed by atoms with Gasteiger partial charge < -0.3 is 10.5 Å². The molecule has 1 aromatic carbocycles. The van der Waals surface area contributed by atoms with Crippen LogP contribution in [-0.2, 0) is 15.1 Å². The molecule has 1 rings (SSSR count). The highest BCUT2D eigenvalue weighted by molar-refractivity contribution is 6.30. The lowest BCUT2D eigenvalue weighted by Crippen LogP contribution is -2.47. The molecule has 2 N–H and O–H groups in total. The SMILES string of the molecule is COC(=O)C(N)(CF)c1cccc(Cl)c1. The summed E-state index contributed by atoms with van der Waals surface area (Å²) in [5.41, 5.74) is 4.15. The largest absolute Gasteiger partial charge is 0.467 e. The predicted molar refractivity (Wildman–Crippen MR) is 55.3 cm³/mol. The van der Waals surface area contributed by atoms with Crippen molar-refractivity contribution in [3.63, 3.8) is 0 Å². The predicted octanol–water partition coefficient (Wildman–Crippen LogP) is 1.64. The molecule has 0 fully saturated rings. The van der Waals surface area contributed by atoms with E-state index in [1.807, 2.05) is 0 Å². The van der Waals surface area contributed by atoms with Crippen molar-refractivity contribution in [2.24, 2.45) is 5.73 Å². The highest BCUT2D eigenvalue weighted by atomic mass is 35.5. The maximum atomic E-state index is 12.8. The van der Waals surface area contributed by atoms with Gasteiger partial charge in [0.05, 0.1) is 7.11 Å². The minimum Gasteiger partial charge on any atom is -0.467 e. The van der Waals surface area contributed by atoms with Gasteiger partial charge in [0.15, 0.2) is 5.54 Å². The Balaban J connectivity index is 3.16. The zero-order valence-electron chi connectivity index (χ0n) is 8.17. The number of hydrogen-bond acceptors (Lipinski definition) is 3. The van der Waals surface area contributed by atoms with Crippen molar-refractivity contribution in [2.75, 3.05) is 13.8 Å². The fourth-order valence-corrected chi connectivity index (χ4v) is 1.39. The van der Waals surface area contributed by atoms with Crippen LogP contribution in [0.3, 0.4) is 0 Å². The summed E-state index contributed by atoms with van der Waals surface area (Å²) in [6.45, 7) is -1.04. The zero-order chi connectivity index (χ0) is 11.5. The van der Waals surface area contributed by atoms with Crippen LogP contribution in [0, 0.1) is 0 Å². The van der Waals surface area contributed by atoms with Gasteiger partial charge >= 0.3 is 5.97 Å². The fourth-order valence-electron chi connectivity index (χ4n) is 1.20. The fraction of sp³-hybridized carbons (Fsp3) is 0.300. The molecular formula is C10H11ClFNO2. The minimum atomic E-state index is -1.78. The summed E-state index contributed by atoms with van der Waals surface area (Å²) in [5.74, 6) is -0.827. The van der Waals surface area contributed by atoms with E-state index in [2.05, 4.69) is 4.74 Å². The minimum absolute atomic E-state index is 0.296. The third-order valence-corrected chi connectivity index (χ3v) is 2.34. The summed E-state index contributed by atoms with van der Waals surface area (Å²) in [5, 5.41) is 0.389. The number of methoxy groups -OCH3 is 1. The van der Waals surface area contributed by atoms with Crippen molar-refractivity contribution in [3.05, 3.63) is 34.9 Å². The second kappa shape index (κ2) is 4.59. The molecule has 0 aliphatic heterocycles. The molecule has 0 radical (unpaired) electrons. The van der Waals surface area contributed by atoms with E-state index >= 15 is 0 Å². The number of carbonyl (C=O) groups is 1. The van der Waals surface area contributed by atoms with Gasteiger partial charge in [-0.05, 0) is 17.7 Å². The Morgan fingerprint density at radius 2 is 2.33 bits per heavy atom. The lowest BCUT2D eigenvalue weighted by atomic mass is 9.92. The quantitative estimate of drug-likeness (QED) is 0.805. The summed E-state index contributed by atoms with van der Waals surface area (Å²) >= 11 is 5.73. The zero-order valence-corrected chi connectivity index (χ0v) is 8.92. The third-order valence-electron chi connectivity index (χ3n) is 2.10. The van der Waals surface area contributed by atoms with Crippen molar-refractivity contribution < 1.29 is 13.9 Å². The molecule has 1 unspecified atom stereocenters. The van der Waals surface area contributed by atoms with Crippen LogP contribution in [0.2, 0.25) is 5.02 Å². The monoisotopic (exact) mass is 231 g/mol. The van der Waals surface area contributed by atoms with Crippen LogP contribution >= 0.6 is 11.6 Å². The number of nitrogens with two attached hydrogens (primary N) is 1. The van der Waals surface area contributed by atoms with Crippen LogP contribution in [-0.4, -0.2) is 19.8 Å². The van der Waals surface area contributed by atoms with Gasteiger partial charge in [-0.3, -0.25) is 0 Å². The van der Waals surface area contributed by atoms with Crippen molar-refractivity contribution in [1.29, 1.82) is 0 Å². The van der Waals surface area contributed by atoms with Gasteiger partial charge in [-0.2, -0.15) is 0 Å². The van der Waals surface area contributed by atoms with Crippen LogP contribution in [0.4, 0.5) is 4.39 Å². The second-order valence-electron chi connectivity index (χ2n) is 3.11. The van der Waals surface area contributed by atoms with Crippen LogP contribution in [0.15, 0.2) is 24.3 Å². The maximum Gasteiger partial charge on any atom is 0.333 e. The van der Waals surface area contributed by atoms with Crippen molar-refractivity contribution in [3.8, 4) is 0 Å². The molecule has 1 aromatic rings. The molecule has 0 saturated heterocycles. The molecule has 3 nitrogen and oxygen atoms in total. The molecule has 5 heteroatoms. The van der Waals surface area contributed by atoms with Gasteiger partial charge in [0, 0.05) is 5.02 Å². The number of ether oxygens (including phenoxy) is 1. The van der Waals surface area contributed by atoms with E-state index < -0.39 is 18.2 Å². The van der Waals surface area contributed by atoms with Crippen LogP contribution < -0.4 is 5.73 Å². The number of carbonyl (C=O) groups excluding carboxylic acids is 1. The Labute approximate surface area is 92.0 Å². The van der Waals surface area contributed by atoms with Gasteiger partial charge in [0.1, 0.15) is 6.67 Å². The number of halogens is 2. The molecule has 0 aliphatic rings. The Kier molecular flexibility index (Phi) is 3.66. The molecule has 1 atom stereocenters.